The van der Waals surface area contributed by atoms with Crippen molar-refractivity contribution < 1.29 is 9.13 Å². The maximum Gasteiger partial charge on any atom is 0.123 e. The van der Waals surface area contributed by atoms with Crippen LogP contribution in [0.2, 0.25) is 5.02 Å². The first kappa shape index (κ1) is 15.0. The van der Waals surface area contributed by atoms with Gasteiger partial charge in [0.15, 0.2) is 0 Å². The Morgan fingerprint density at radius 1 is 1.20 bits per heavy atom. The highest BCUT2D eigenvalue weighted by atomic mass is 35.5. The molecular formula is C16H17ClFNO. The molecule has 0 aliphatic rings. The minimum atomic E-state index is -0.259. The topological polar surface area (TPSA) is 21.3 Å². The first-order valence-electron chi connectivity index (χ1n) is 6.46. The number of nitrogens with one attached hydrogen (secondary N) is 1. The monoisotopic (exact) mass is 293 g/mol. The fourth-order valence-electron chi connectivity index (χ4n) is 1.97. The van der Waals surface area contributed by atoms with Crippen LogP contribution in [0.25, 0.3) is 0 Å². The van der Waals surface area contributed by atoms with Crippen molar-refractivity contribution in [2.45, 2.75) is 12.7 Å². The van der Waals surface area contributed by atoms with Gasteiger partial charge in [0.05, 0.1) is 12.7 Å². The summed E-state index contributed by atoms with van der Waals surface area (Å²) in [5, 5.41) is 3.73. The minimum Gasteiger partial charge on any atom is -0.367 e. The van der Waals surface area contributed by atoms with E-state index in [-0.39, 0.29) is 11.9 Å². The molecule has 4 heteroatoms. The Kier molecular flexibility index (Phi) is 5.53. The molecule has 0 radical (unpaired) electrons. The minimum absolute atomic E-state index is 0.216. The Balaban J connectivity index is 2.08. The van der Waals surface area contributed by atoms with Gasteiger partial charge in [-0.2, -0.15) is 0 Å². The molecule has 0 spiro atoms. The standard InChI is InChI=1S/C16H17ClFNO/c1-19-10-16(12-6-4-7-14(18)9-12)20-11-13-5-2-3-8-15(13)17/h2-9,16,19H,10-11H2,1H3. The van der Waals surface area contributed by atoms with Crippen LogP contribution in [0, 0.1) is 5.82 Å². The molecule has 0 aliphatic carbocycles. The Morgan fingerprint density at radius 2 is 2.00 bits per heavy atom. The van der Waals surface area contributed by atoms with Crippen molar-refractivity contribution in [3.8, 4) is 0 Å². The highest BCUT2D eigenvalue weighted by Gasteiger charge is 2.12. The van der Waals surface area contributed by atoms with Crippen LogP contribution in [0.1, 0.15) is 17.2 Å². The fourth-order valence-corrected chi connectivity index (χ4v) is 2.16. The van der Waals surface area contributed by atoms with Crippen LogP contribution in [0.4, 0.5) is 4.39 Å². The molecule has 106 valence electrons. The molecule has 0 saturated heterocycles. The van der Waals surface area contributed by atoms with Crippen LogP contribution in [0.15, 0.2) is 48.5 Å². The maximum absolute atomic E-state index is 13.3. The first-order chi connectivity index (χ1) is 9.70. The number of ether oxygens (including phenoxy) is 1. The molecule has 2 rings (SSSR count). The third kappa shape index (κ3) is 4.04. The summed E-state index contributed by atoms with van der Waals surface area (Å²) in [4.78, 5) is 0. The molecule has 1 N–H and O–H groups in total. The van der Waals surface area contributed by atoms with E-state index in [1.165, 1.54) is 12.1 Å². The van der Waals surface area contributed by atoms with Gasteiger partial charge >= 0.3 is 0 Å². The molecule has 2 aromatic carbocycles. The Bertz CT molecular complexity index is 562. The van der Waals surface area contributed by atoms with E-state index in [0.717, 1.165) is 11.1 Å². The lowest BCUT2D eigenvalue weighted by Gasteiger charge is -2.18. The van der Waals surface area contributed by atoms with E-state index >= 15 is 0 Å². The van der Waals surface area contributed by atoms with Crippen LogP contribution < -0.4 is 5.32 Å². The molecule has 1 atom stereocenters. The zero-order valence-electron chi connectivity index (χ0n) is 11.3. The summed E-state index contributed by atoms with van der Waals surface area (Å²) in [5.74, 6) is -0.259. The second kappa shape index (κ2) is 7.39. The van der Waals surface area contributed by atoms with Gasteiger partial charge in [-0.15, -0.1) is 0 Å². The number of benzene rings is 2. The van der Waals surface area contributed by atoms with Gasteiger partial charge in [-0.1, -0.05) is 41.9 Å². The molecule has 0 saturated carbocycles. The summed E-state index contributed by atoms with van der Waals surface area (Å²) in [6.07, 6.45) is -0.216. The number of hydrogen-bond donors (Lipinski definition) is 1. The summed E-state index contributed by atoms with van der Waals surface area (Å²) < 4.78 is 19.2. The van der Waals surface area contributed by atoms with Gasteiger partial charge in [-0.25, -0.2) is 4.39 Å². The summed E-state index contributed by atoms with van der Waals surface area (Å²) >= 11 is 6.10. The molecule has 20 heavy (non-hydrogen) atoms. The van der Waals surface area contributed by atoms with Crippen LogP contribution in [0.3, 0.4) is 0 Å². The number of rotatable bonds is 6. The van der Waals surface area contributed by atoms with Crippen molar-refractivity contribution in [2.24, 2.45) is 0 Å². The second-order valence-electron chi connectivity index (χ2n) is 4.50. The molecule has 0 amide bonds. The predicted octanol–water partition coefficient (Wildman–Crippen LogP) is 3.96. The lowest BCUT2D eigenvalue weighted by molar-refractivity contribution is 0.0409. The average molecular weight is 294 g/mol. The maximum atomic E-state index is 13.3. The normalized spacial score (nSPS) is 12.3. The van der Waals surface area contributed by atoms with E-state index in [0.29, 0.717) is 18.2 Å². The lowest BCUT2D eigenvalue weighted by Crippen LogP contribution is -2.20. The van der Waals surface area contributed by atoms with Gasteiger partial charge in [0, 0.05) is 11.6 Å². The first-order valence-corrected chi connectivity index (χ1v) is 6.83. The van der Waals surface area contributed by atoms with E-state index in [1.54, 1.807) is 6.07 Å². The molecule has 0 bridgehead atoms. The van der Waals surface area contributed by atoms with Crippen molar-refractivity contribution in [1.82, 2.24) is 5.32 Å². The average Bonchev–Trinajstić information content (AvgIpc) is 2.45. The molecule has 0 aromatic heterocycles. The molecule has 2 nitrogen and oxygen atoms in total. The smallest absolute Gasteiger partial charge is 0.123 e. The second-order valence-corrected chi connectivity index (χ2v) is 4.91. The van der Waals surface area contributed by atoms with Crippen LogP contribution in [-0.2, 0) is 11.3 Å². The lowest BCUT2D eigenvalue weighted by atomic mass is 10.1. The summed E-state index contributed by atoms with van der Waals surface area (Å²) in [6.45, 7) is 0.996. The highest BCUT2D eigenvalue weighted by molar-refractivity contribution is 6.31. The van der Waals surface area contributed by atoms with Crippen LogP contribution in [0.5, 0.6) is 0 Å². The van der Waals surface area contributed by atoms with Crippen LogP contribution in [-0.4, -0.2) is 13.6 Å². The Labute approximate surface area is 123 Å². The summed E-state index contributed by atoms with van der Waals surface area (Å²) in [5.41, 5.74) is 1.73. The molecule has 2 aromatic rings. The number of halogens is 2. The highest BCUT2D eigenvalue weighted by Crippen LogP contribution is 2.22. The van der Waals surface area contributed by atoms with Gasteiger partial charge in [0.2, 0.25) is 0 Å². The molecule has 0 aliphatic heterocycles. The fraction of sp³-hybridized carbons (Fsp3) is 0.250. The summed E-state index contributed by atoms with van der Waals surface area (Å²) in [7, 11) is 1.84. The zero-order chi connectivity index (χ0) is 14.4. The van der Waals surface area contributed by atoms with Gasteiger partial charge < -0.3 is 10.1 Å². The van der Waals surface area contributed by atoms with Gasteiger partial charge in [-0.05, 0) is 36.4 Å². The molecule has 1 unspecified atom stereocenters. The Hall–Kier alpha value is -1.42. The van der Waals surface area contributed by atoms with E-state index in [4.69, 9.17) is 16.3 Å². The largest absolute Gasteiger partial charge is 0.367 e. The van der Waals surface area contributed by atoms with Crippen molar-refractivity contribution in [3.05, 3.63) is 70.5 Å². The third-order valence-corrected chi connectivity index (χ3v) is 3.38. The van der Waals surface area contributed by atoms with Gasteiger partial charge in [0.1, 0.15) is 5.82 Å². The van der Waals surface area contributed by atoms with Crippen LogP contribution >= 0.6 is 11.6 Å². The Morgan fingerprint density at radius 3 is 2.70 bits per heavy atom. The SMILES string of the molecule is CNCC(OCc1ccccc1Cl)c1cccc(F)c1. The number of likely N-dealkylation sites (N-methyl/N-ethyl adjacent to an activating group) is 1. The van der Waals surface area contributed by atoms with Crippen molar-refractivity contribution >= 4 is 11.6 Å². The van der Waals surface area contributed by atoms with E-state index in [1.807, 2.05) is 37.4 Å². The predicted molar refractivity (Wildman–Crippen MR) is 79.3 cm³/mol. The third-order valence-electron chi connectivity index (χ3n) is 3.01. The molecule has 0 heterocycles. The quantitative estimate of drug-likeness (QED) is 0.870. The van der Waals surface area contributed by atoms with Crippen molar-refractivity contribution in [2.75, 3.05) is 13.6 Å². The van der Waals surface area contributed by atoms with E-state index < -0.39 is 0 Å². The molecular weight excluding hydrogens is 277 g/mol. The van der Waals surface area contributed by atoms with Crippen molar-refractivity contribution in [1.29, 1.82) is 0 Å². The number of hydrogen-bond acceptors (Lipinski definition) is 2. The zero-order valence-corrected chi connectivity index (χ0v) is 12.0. The summed E-state index contributed by atoms with van der Waals surface area (Å²) in [6, 6.07) is 14.0. The molecule has 0 fully saturated rings. The van der Waals surface area contributed by atoms with Gasteiger partial charge in [-0.3, -0.25) is 0 Å². The van der Waals surface area contributed by atoms with E-state index in [2.05, 4.69) is 5.32 Å². The van der Waals surface area contributed by atoms with Gasteiger partial charge in [0.25, 0.3) is 0 Å². The van der Waals surface area contributed by atoms with Crippen molar-refractivity contribution in [3.63, 3.8) is 0 Å². The van der Waals surface area contributed by atoms with E-state index in [9.17, 15) is 4.39 Å².